The lowest BCUT2D eigenvalue weighted by atomic mass is 10.2. The Hall–Kier alpha value is -1.10. The maximum atomic E-state index is 11.1. The third-order valence-electron chi connectivity index (χ3n) is 1.92. The van der Waals surface area contributed by atoms with Gasteiger partial charge < -0.3 is 5.32 Å². The van der Waals surface area contributed by atoms with Crippen LogP contribution in [0.3, 0.4) is 0 Å². The molecule has 78 valence electrons. The number of halogens is 1. The van der Waals surface area contributed by atoms with Crippen LogP contribution in [0.2, 0.25) is 0 Å². The van der Waals surface area contributed by atoms with Gasteiger partial charge in [0.1, 0.15) is 18.0 Å². The molecule has 1 N–H and O–H groups in total. The van der Waals surface area contributed by atoms with E-state index in [-0.39, 0.29) is 17.8 Å². The topological polar surface area (TPSA) is 59.8 Å². The molecule has 1 aromatic heterocycles. The van der Waals surface area contributed by atoms with Gasteiger partial charge in [-0.2, -0.15) is 5.10 Å². The number of amides is 1. The second-order valence-corrected chi connectivity index (χ2v) is 3.17. The molecule has 0 unspecified atom stereocenters. The Morgan fingerprint density at radius 3 is 2.93 bits per heavy atom. The highest BCUT2D eigenvalue weighted by atomic mass is 35.5. The molecule has 0 aromatic carbocycles. The summed E-state index contributed by atoms with van der Waals surface area (Å²) in [4.78, 5) is 15.2. The standard InChI is InChI=1S/C8H13ClN4O/c1-3-6(12-7(14)4-9)8-10-5-11-13(8)2/h5-6H,3-4H2,1-2H3,(H,12,14)/t6-/m0/s1. The predicted octanol–water partition coefficient (Wildman–Crippen LogP) is 0.621. The molecular weight excluding hydrogens is 204 g/mol. The van der Waals surface area contributed by atoms with E-state index in [1.54, 1.807) is 11.7 Å². The van der Waals surface area contributed by atoms with Gasteiger partial charge in [-0.1, -0.05) is 6.92 Å². The van der Waals surface area contributed by atoms with Crippen LogP contribution in [-0.4, -0.2) is 26.6 Å². The van der Waals surface area contributed by atoms with Crippen molar-refractivity contribution in [2.24, 2.45) is 7.05 Å². The number of rotatable bonds is 4. The fourth-order valence-corrected chi connectivity index (χ4v) is 1.28. The number of hydrogen-bond donors (Lipinski definition) is 1. The largest absolute Gasteiger partial charge is 0.345 e. The van der Waals surface area contributed by atoms with Gasteiger partial charge in [-0.15, -0.1) is 11.6 Å². The van der Waals surface area contributed by atoms with Crippen LogP contribution in [0, 0.1) is 0 Å². The van der Waals surface area contributed by atoms with Gasteiger partial charge in [0.2, 0.25) is 5.91 Å². The van der Waals surface area contributed by atoms with E-state index in [0.29, 0.717) is 0 Å². The van der Waals surface area contributed by atoms with Gasteiger partial charge in [0.25, 0.3) is 0 Å². The van der Waals surface area contributed by atoms with Gasteiger partial charge in [-0.05, 0) is 6.42 Å². The maximum Gasteiger partial charge on any atom is 0.235 e. The fraction of sp³-hybridized carbons (Fsp3) is 0.625. The van der Waals surface area contributed by atoms with Gasteiger partial charge in [0.05, 0.1) is 6.04 Å². The summed E-state index contributed by atoms with van der Waals surface area (Å²) < 4.78 is 1.64. The molecule has 0 radical (unpaired) electrons. The SMILES string of the molecule is CC[C@H](NC(=O)CCl)c1ncnn1C. The van der Waals surface area contributed by atoms with Gasteiger partial charge in [0.15, 0.2) is 0 Å². The van der Waals surface area contributed by atoms with Gasteiger partial charge in [-0.3, -0.25) is 9.48 Å². The summed E-state index contributed by atoms with van der Waals surface area (Å²) in [5, 5.41) is 6.71. The molecule has 14 heavy (non-hydrogen) atoms. The molecule has 0 aliphatic rings. The number of nitrogens with zero attached hydrogens (tertiary/aromatic N) is 3. The zero-order chi connectivity index (χ0) is 10.6. The first kappa shape index (κ1) is 11.0. The molecule has 1 aromatic rings. The summed E-state index contributed by atoms with van der Waals surface area (Å²) in [5.74, 6) is 0.515. The Bertz CT molecular complexity index is 312. The van der Waals surface area contributed by atoms with Crippen molar-refractivity contribution in [3.63, 3.8) is 0 Å². The van der Waals surface area contributed by atoms with Crippen molar-refractivity contribution in [1.82, 2.24) is 20.1 Å². The second kappa shape index (κ2) is 4.95. The number of aromatic nitrogens is 3. The third kappa shape index (κ3) is 2.45. The minimum atomic E-state index is -0.193. The summed E-state index contributed by atoms with van der Waals surface area (Å²) >= 11 is 5.40. The van der Waals surface area contributed by atoms with Crippen LogP contribution >= 0.6 is 11.6 Å². The van der Waals surface area contributed by atoms with Crippen LogP contribution in [-0.2, 0) is 11.8 Å². The van der Waals surface area contributed by atoms with Crippen molar-refractivity contribution >= 4 is 17.5 Å². The Kier molecular flexibility index (Phi) is 3.88. The Morgan fingerprint density at radius 2 is 2.50 bits per heavy atom. The van der Waals surface area contributed by atoms with E-state index in [4.69, 9.17) is 11.6 Å². The first-order valence-electron chi connectivity index (χ1n) is 4.38. The maximum absolute atomic E-state index is 11.1. The summed E-state index contributed by atoms with van der Waals surface area (Å²) in [7, 11) is 1.79. The van der Waals surface area contributed by atoms with Crippen LogP contribution in [0.4, 0.5) is 0 Å². The highest BCUT2D eigenvalue weighted by Crippen LogP contribution is 2.11. The molecule has 1 rings (SSSR count). The first-order chi connectivity index (χ1) is 6.69. The van der Waals surface area contributed by atoms with E-state index in [9.17, 15) is 4.79 Å². The average molecular weight is 217 g/mol. The Balaban J connectivity index is 2.72. The molecule has 0 spiro atoms. The molecule has 0 saturated carbocycles. The molecule has 0 bridgehead atoms. The van der Waals surface area contributed by atoms with Crippen molar-refractivity contribution in [1.29, 1.82) is 0 Å². The Morgan fingerprint density at radius 1 is 1.79 bits per heavy atom. The molecule has 1 heterocycles. The van der Waals surface area contributed by atoms with E-state index in [1.165, 1.54) is 6.33 Å². The smallest absolute Gasteiger partial charge is 0.235 e. The van der Waals surface area contributed by atoms with Crippen molar-refractivity contribution in [3.8, 4) is 0 Å². The Labute approximate surface area is 87.5 Å². The molecule has 0 aliphatic carbocycles. The number of carbonyl (C=O) groups excluding carboxylic acids is 1. The average Bonchev–Trinajstić information content (AvgIpc) is 2.60. The van der Waals surface area contributed by atoms with E-state index in [0.717, 1.165) is 12.2 Å². The van der Waals surface area contributed by atoms with Gasteiger partial charge in [0, 0.05) is 7.05 Å². The first-order valence-corrected chi connectivity index (χ1v) is 4.91. The minimum Gasteiger partial charge on any atom is -0.345 e. The van der Waals surface area contributed by atoms with Crippen molar-refractivity contribution in [2.45, 2.75) is 19.4 Å². The van der Waals surface area contributed by atoms with Gasteiger partial charge >= 0.3 is 0 Å². The van der Waals surface area contributed by atoms with E-state index >= 15 is 0 Å². The van der Waals surface area contributed by atoms with Crippen LogP contribution in [0.15, 0.2) is 6.33 Å². The highest BCUT2D eigenvalue weighted by Gasteiger charge is 2.16. The molecule has 5 nitrogen and oxygen atoms in total. The van der Waals surface area contributed by atoms with E-state index in [2.05, 4.69) is 15.4 Å². The number of hydrogen-bond acceptors (Lipinski definition) is 3. The monoisotopic (exact) mass is 216 g/mol. The normalized spacial score (nSPS) is 12.5. The molecular formula is C8H13ClN4O. The lowest BCUT2D eigenvalue weighted by Gasteiger charge is -2.14. The van der Waals surface area contributed by atoms with Crippen molar-refractivity contribution in [3.05, 3.63) is 12.2 Å². The predicted molar refractivity (Wildman–Crippen MR) is 52.9 cm³/mol. The molecule has 1 amide bonds. The number of carbonyl (C=O) groups is 1. The van der Waals surface area contributed by atoms with Gasteiger partial charge in [-0.25, -0.2) is 4.98 Å². The zero-order valence-electron chi connectivity index (χ0n) is 8.20. The van der Waals surface area contributed by atoms with Crippen LogP contribution in [0.5, 0.6) is 0 Å². The molecule has 0 saturated heterocycles. The van der Waals surface area contributed by atoms with E-state index < -0.39 is 0 Å². The van der Waals surface area contributed by atoms with Crippen LogP contribution < -0.4 is 5.32 Å². The third-order valence-corrected chi connectivity index (χ3v) is 2.17. The van der Waals surface area contributed by atoms with Crippen LogP contribution in [0.25, 0.3) is 0 Å². The molecule has 6 heteroatoms. The van der Waals surface area contributed by atoms with E-state index in [1.807, 2.05) is 6.92 Å². The van der Waals surface area contributed by atoms with Crippen molar-refractivity contribution < 1.29 is 4.79 Å². The summed E-state index contributed by atoms with van der Waals surface area (Å²) in [6, 6.07) is -0.117. The second-order valence-electron chi connectivity index (χ2n) is 2.90. The molecule has 1 atom stereocenters. The molecule has 0 fully saturated rings. The summed E-state index contributed by atoms with van der Waals surface area (Å²) in [5.41, 5.74) is 0. The number of alkyl halides is 1. The number of nitrogens with one attached hydrogen (secondary N) is 1. The lowest BCUT2D eigenvalue weighted by Crippen LogP contribution is -2.30. The van der Waals surface area contributed by atoms with Crippen molar-refractivity contribution in [2.75, 3.05) is 5.88 Å². The fourth-order valence-electron chi connectivity index (χ4n) is 1.20. The number of aryl methyl sites for hydroxylation is 1. The van der Waals surface area contributed by atoms with Crippen LogP contribution in [0.1, 0.15) is 25.2 Å². The molecule has 0 aliphatic heterocycles. The summed E-state index contributed by atoms with van der Waals surface area (Å²) in [6.07, 6.45) is 2.22. The highest BCUT2D eigenvalue weighted by molar-refractivity contribution is 6.27. The minimum absolute atomic E-state index is 0.0334. The zero-order valence-corrected chi connectivity index (χ0v) is 8.95. The lowest BCUT2D eigenvalue weighted by molar-refractivity contribution is -0.119. The quantitative estimate of drug-likeness (QED) is 0.751. The summed E-state index contributed by atoms with van der Waals surface area (Å²) in [6.45, 7) is 1.97.